The smallest absolute Gasteiger partial charge is 0.295 e. The summed E-state index contributed by atoms with van der Waals surface area (Å²) in [7, 11) is 1.63. The molecule has 21 heavy (non-hydrogen) atoms. The molecule has 1 heterocycles. The van der Waals surface area contributed by atoms with E-state index in [1.165, 1.54) is 6.20 Å². The third-order valence-electron chi connectivity index (χ3n) is 3.16. The van der Waals surface area contributed by atoms with Gasteiger partial charge in [0.25, 0.3) is 5.56 Å². The Balaban J connectivity index is 2.48. The van der Waals surface area contributed by atoms with Gasteiger partial charge in [0.15, 0.2) is 5.95 Å². The molecule has 6 heteroatoms. The SMILES string of the molecule is COc1cc(C(C)C)c(Oc2cnc(N)[nH]c2=O)cc1C. The quantitative estimate of drug-likeness (QED) is 0.902. The van der Waals surface area contributed by atoms with Crippen LogP contribution in [0.25, 0.3) is 0 Å². The number of nitrogen functional groups attached to an aromatic ring is 1. The second-order valence-corrected chi connectivity index (χ2v) is 5.08. The fourth-order valence-electron chi connectivity index (χ4n) is 2.02. The molecule has 0 atom stereocenters. The van der Waals surface area contributed by atoms with Gasteiger partial charge in [-0.1, -0.05) is 13.8 Å². The number of aryl methyl sites for hydroxylation is 1. The first kappa shape index (κ1) is 14.9. The van der Waals surface area contributed by atoms with Crippen molar-refractivity contribution in [1.82, 2.24) is 9.97 Å². The minimum Gasteiger partial charge on any atom is -0.496 e. The average molecular weight is 289 g/mol. The first-order chi connectivity index (χ1) is 9.92. The van der Waals surface area contributed by atoms with Crippen molar-refractivity contribution < 1.29 is 9.47 Å². The predicted octanol–water partition coefficient (Wildman–Crippen LogP) is 2.58. The number of anilines is 1. The van der Waals surface area contributed by atoms with Gasteiger partial charge in [0, 0.05) is 5.56 Å². The number of rotatable bonds is 4. The Kier molecular flexibility index (Phi) is 4.16. The van der Waals surface area contributed by atoms with Crippen LogP contribution in [0.5, 0.6) is 17.2 Å². The van der Waals surface area contributed by atoms with Crippen LogP contribution in [0.1, 0.15) is 30.9 Å². The Labute approximate surface area is 122 Å². The van der Waals surface area contributed by atoms with Crippen molar-refractivity contribution in [2.75, 3.05) is 12.8 Å². The zero-order valence-electron chi connectivity index (χ0n) is 12.6. The number of hydrogen-bond donors (Lipinski definition) is 2. The summed E-state index contributed by atoms with van der Waals surface area (Å²) in [6.45, 7) is 6.01. The molecule has 2 rings (SSSR count). The zero-order chi connectivity index (χ0) is 15.6. The maximum Gasteiger partial charge on any atom is 0.295 e. The van der Waals surface area contributed by atoms with Crippen LogP contribution in [0.15, 0.2) is 23.1 Å². The molecule has 1 aromatic carbocycles. The van der Waals surface area contributed by atoms with Crippen molar-refractivity contribution in [3.63, 3.8) is 0 Å². The van der Waals surface area contributed by atoms with Gasteiger partial charge in [0.05, 0.1) is 13.3 Å². The molecule has 112 valence electrons. The fraction of sp³-hybridized carbons (Fsp3) is 0.333. The molecule has 1 aromatic heterocycles. The number of H-pyrrole nitrogens is 1. The van der Waals surface area contributed by atoms with E-state index in [-0.39, 0.29) is 17.6 Å². The monoisotopic (exact) mass is 289 g/mol. The molecule has 0 saturated heterocycles. The Morgan fingerprint density at radius 2 is 1.95 bits per heavy atom. The van der Waals surface area contributed by atoms with E-state index in [2.05, 4.69) is 9.97 Å². The lowest BCUT2D eigenvalue weighted by Gasteiger charge is -2.16. The summed E-state index contributed by atoms with van der Waals surface area (Å²) in [6.07, 6.45) is 1.32. The van der Waals surface area contributed by atoms with E-state index < -0.39 is 5.56 Å². The van der Waals surface area contributed by atoms with Crippen LogP contribution in [-0.4, -0.2) is 17.1 Å². The highest BCUT2D eigenvalue weighted by atomic mass is 16.5. The van der Waals surface area contributed by atoms with E-state index in [0.29, 0.717) is 5.75 Å². The summed E-state index contributed by atoms with van der Waals surface area (Å²) < 4.78 is 11.0. The summed E-state index contributed by atoms with van der Waals surface area (Å²) in [5.74, 6) is 1.78. The largest absolute Gasteiger partial charge is 0.496 e. The Morgan fingerprint density at radius 1 is 1.24 bits per heavy atom. The van der Waals surface area contributed by atoms with Crippen LogP contribution >= 0.6 is 0 Å². The summed E-state index contributed by atoms with van der Waals surface area (Å²) in [5.41, 5.74) is 6.89. The maximum absolute atomic E-state index is 11.8. The van der Waals surface area contributed by atoms with Crippen molar-refractivity contribution in [2.45, 2.75) is 26.7 Å². The maximum atomic E-state index is 11.8. The third kappa shape index (κ3) is 3.16. The molecule has 0 bridgehead atoms. The molecule has 0 aliphatic rings. The molecule has 2 aromatic rings. The summed E-state index contributed by atoms with van der Waals surface area (Å²) in [5, 5.41) is 0. The van der Waals surface area contributed by atoms with Crippen molar-refractivity contribution >= 4 is 5.95 Å². The number of nitrogens with one attached hydrogen (secondary N) is 1. The van der Waals surface area contributed by atoms with Crippen molar-refractivity contribution in [3.05, 3.63) is 39.8 Å². The van der Waals surface area contributed by atoms with Crippen LogP contribution in [0, 0.1) is 6.92 Å². The van der Waals surface area contributed by atoms with Gasteiger partial charge in [-0.3, -0.25) is 9.78 Å². The van der Waals surface area contributed by atoms with Crippen LogP contribution in [0.4, 0.5) is 5.95 Å². The van der Waals surface area contributed by atoms with Gasteiger partial charge in [-0.15, -0.1) is 0 Å². The lowest BCUT2D eigenvalue weighted by Crippen LogP contribution is -2.12. The normalized spacial score (nSPS) is 10.7. The molecule has 0 saturated carbocycles. The number of methoxy groups -OCH3 is 1. The summed E-state index contributed by atoms with van der Waals surface area (Å²) >= 11 is 0. The lowest BCUT2D eigenvalue weighted by molar-refractivity contribution is 0.407. The molecule has 0 fully saturated rings. The molecule has 0 radical (unpaired) electrons. The molecular formula is C15H19N3O3. The van der Waals surface area contributed by atoms with Crippen LogP contribution < -0.4 is 20.8 Å². The Morgan fingerprint density at radius 3 is 2.52 bits per heavy atom. The molecule has 0 unspecified atom stereocenters. The molecular weight excluding hydrogens is 270 g/mol. The summed E-state index contributed by atoms with van der Waals surface area (Å²) in [4.78, 5) is 18.1. The van der Waals surface area contributed by atoms with E-state index in [9.17, 15) is 4.79 Å². The number of hydrogen-bond acceptors (Lipinski definition) is 5. The minimum atomic E-state index is -0.411. The van der Waals surface area contributed by atoms with Gasteiger partial charge in [-0.25, -0.2) is 4.98 Å². The molecule has 3 N–H and O–H groups in total. The van der Waals surface area contributed by atoms with Gasteiger partial charge < -0.3 is 15.2 Å². The van der Waals surface area contributed by atoms with Gasteiger partial charge in [-0.2, -0.15) is 0 Å². The standard InChI is InChI=1S/C15H19N3O3/c1-8(2)10-6-11(20-4)9(3)5-12(10)21-13-7-17-15(16)18-14(13)19/h5-8H,1-4H3,(H3,16,17,18,19). The Hall–Kier alpha value is -2.50. The van der Waals surface area contributed by atoms with Crippen molar-refractivity contribution in [1.29, 1.82) is 0 Å². The van der Waals surface area contributed by atoms with Crippen LogP contribution in [-0.2, 0) is 0 Å². The number of aromatic amines is 1. The van der Waals surface area contributed by atoms with E-state index in [1.807, 2.05) is 32.9 Å². The summed E-state index contributed by atoms with van der Waals surface area (Å²) in [6, 6.07) is 3.78. The number of aromatic nitrogens is 2. The van der Waals surface area contributed by atoms with Crippen LogP contribution in [0.3, 0.4) is 0 Å². The van der Waals surface area contributed by atoms with E-state index >= 15 is 0 Å². The highest BCUT2D eigenvalue weighted by Gasteiger charge is 2.14. The average Bonchev–Trinajstić information content (AvgIpc) is 2.41. The minimum absolute atomic E-state index is 0.0577. The molecule has 0 spiro atoms. The highest BCUT2D eigenvalue weighted by Crippen LogP contribution is 2.35. The predicted molar refractivity (Wildman–Crippen MR) is 81.2 cm³/mol. The molecule has 6 nitrogen and oxygen atoms in total. The number of nitrogens with two attached hydrogens (primary N) is 1. The van der Waals surface area contributed by atoms with E-state index in [4.69, 9.17) is 15.2 Å². The molecule has 0 amide bonds. The third-order valence-corrected chi connectivity index (χ3v) is 3.16. The highest BCUT2D eigenvalue weighted by molar-refractivity contribution is 5.48. The number of ether oxygens (including phenoxy) is 2. The van der Waals surface area contributed by atoms with Gasteiger partial charge in [0.1, 0.15) is 11.5 Å². The number of benzene rings is 1. The van der Waals surface area contributed by atoms with E-state index in [1.54, 1.807) is 7.11 Å². The van der Waals surface area contributed by atoms with E-state index in [0.717, 1.165) is 16.9 Å². The van der Waals surface area contributed by atoms with Crippen molar-refractivity contribution in [3.8, 4) is 17.2 Å². The first-order valence-electron chi connectivity index (χ1n) is 6.63. The van der Waals surface area contributed by atoms with Crippen molar-refractivity contribution in [2.24, 2.45) is 0 Å². The molecule has 0 aliphatic carbocycles. The second-order valence-electron chi connectivity index (χ2n) is 5.08. The van der Waals surface area contributed by atoms with Crippen LogP contribution in [0.2, 0.25) is 0 Å². The zero-order valence-corrected chi connectivity index (χ0v) is 12.6. The van der Waals surface area contributed by atoms with Gasteiger partial charge >= 0.3 is 0 Å². The second kappa shape index (κ2) is 5.87. The van der Waals surface area contributed by atoms with Gasteiger partial charge in [0.2, 0.25) is 5.75 Å². The fourth-order valence-corrected chi connectivity index (χ4v) is 2.02. The van der Waals surface area contributed by atoms with Gasteiger partial charge in [-0.05, 0) is 30.5 Å². The number of nitrogens with zero attached hydrogens (tertiary/aromatic N) is 1. The topological polar surface area (TPSA) is 90.2 Å². The lowest BCUT2D eigenvalue weighted by atomic mass is 10.00. The Bertz CT molecular complexity index is 708. The molecule has 0 aliphatic heterocycles. The first-order valence-corrected chi connectivity index (χ1v) is 6.63.